The molecule has 1 aromatic carbocycles. The maximum Gasteiger partial charge on any atom is 0.271 e. The number of non-ortho nitro benzene ring substituents is 1. The smallest absolute Gasteiger partial charge is 0.271 e. The molecular formula is C10H13IN2O3. The molecule has 0 fully saturated rings. The molecule has 0 saturated carbocycles. The van der Waals surface area contributed by atoms with Gasteiger partial charge in [-0.2, -0.15) is 0 Å². The molecule has 1 aromatic rings. The Morgan fingerprint density at radius 2 is 2.19 bits per heavy atom. The van der Waals surface area contributed by atoms with Crippen LogP contribution in [0.15, 0.2) is 12.1 Å². The van der Waals surface area contributed by atoms with E-state index < -0.39 is 4.92 Å². The number of nitro benzene ring substituents is 1. The minimum atomic E-state index is -0.447. The number of phenols is 1. The predicted octanol–water partition coefficient (Wildman–Crippen LogP) is 2.36. The summed E-state index contributed by atoms with van der Waals surface area (Å²) in [4.78, 5) is 12.2. The average Bonchev–Trinajstić information content (AvgIpc) is 2.23. The van der Waals surface area contributed by atoms with E-state index in [0.717, 1.165) is 6.54 Å². The van der Waals surface area contributed by atoms with E-state index in [1.165, 1.54) is 12.1 Å². The van der Waals surface area contributed by atoms with Crippen molar-refractivity contribution in [2.24, 2.45) is 0 Å². The summed E-state index contributed by atoms with van der Waals surface area (Å²) >= 11 is 1.89. The van der Waals surface area contributed by atoms with Crippen LogP contribution in [0.3, 0.4) is 0 Å². The second-order valence-corrected chi connectivity index (χ2v) is 4.69. The number of nitro groups is 1. The van der Waals surface area contributed by atoms with E-state index in [1.807, 2.05) is 41.5 Å². The first kappa shape index (κ1) is 13.2. The number of halogens is 1. The number of benzene rings is 1. The van der Waals surface area contributed by atoms with E-state index in [1.54, 1.807) is 0 Å². The Balaban J connectivity index is 3.11. The third-order valence-electron chi connectivity index (χ3n) is 2.32. The van der Waals surface area contributed by atoms with E-state index in [9.17, 15) is 15.2 Å². The second kappa shape index (κ2) is 5.44. The van der Waals surface area contributed by atoms with E-state index in [-0.39, 0.29) is 11.4 Å². The van der Waals surface area contributed by atoms with Crippen molar-refractivity contribution in [2.45, 2.75) is 13.5 Å². The van der Waals surface area contributed by atoms with Gasteiger partial charge < -0.3 is 10.0 Å². The van der Waals surface area contributed by atoms with Gasteiger partial charge >= 0.3 is 0 Å². The van der Waals surface area contributed by atoms with Crippen molar-refractivity contribution >= 4 is 28.3 Å². The molecule has 0 aliphatic carbocycles. The lowest BCUT2D eigenvalue weighted by Crippen LogP contribution is -2.17. The summed E-state index contributed by atoms with van der Waals surface area (Å²) in [5.41, 5.74) is 0.602. The van der Waals surface area contributed by atoms with Crippen molar-refractivity contribution in [3.8, 4) is 5.75 Å². The molecule has 16 heavy (non-hydrogen) atoms. The van der Waals surface area contributed by atoms with Crippen LogP contribution in [0.4, 0.5) is 5.69 Å². The monoisotopic (exact) mass is 336 g/mol. The summed E-state index contributed by atoms with van der Waals surface area (Å²) in [5.74, 6) is 0.131. The van der Waals surface area contributed by atoms with Gasteiger partial charge in [0.1, 0.15) is 5.75 Å². The lowest BCUT2D eigenvalue weighted by atomic mass is 10.1. The molecule has 0 heterocycles. The van der Waals surface area contributed by atoms with Crippen LogP contribution >= 0.6 is 22.6 Å². The number of hydrogen-bond donors (Lipinski definition) is 1. The highest BCUT2D eigenvalue weighted by Gasteiger charge is 2.15. The predicted molar refractivity (Wildman–Crippen MR) is 69.5 cm³/mol. The summed E-state index contributed by atoms with van der Waals surface area (Å²) in [5, 5.41) is 20.5. The molecule has 0 atom stereocenters. The first-order chi connectivity index (χ1) is 7.45. The molecule has 0 aliphatic heterocycles. The molecule has 0 unspecified atom stereocenters. The van der Waals surface area contributed by atoms with Crippen molar-refractivity contribution in [1.82, 2.24) is 4.90 Å². The quantitative estimate of drug-likeness (QED) is 0.521. The summed E-state index contributed by atoms with van der Waals surface area (Å²) in [6, 6.07) is 2.79. The largest absolute Gasteiger partial charge is 0.506 e. The standard InChI is InChI=1S/C10H13IN2O3/c1-3-12(2)6-7-4-8(13(15)16)5-9(11)10(7)14/h4-5,14H,3,6H2,1-2H3. The first-order valence-electron chi connectivity index (χ1n) is 4.80. The molecule has 0 radical (unpaired) electrons. The average molecular weight is 336 g/mol. The highest BCUT2D eigenvalue weighted by atomic mass is 127. The highest BCUT2D eigenvalue weighted by Crippen LogP contribution is 2.30. The van der Waals surface area contributed by atoms with E-state index in [2.05, 4.69) is 0 Å². The minimum absolute atomic E-state index is 0.0155. The maximum atomic E-state index is 10.7. The van der Waals surface area contributed by atoms with Crippen LogP contribution in [-0.2, 0) is 6.54 Å². The topological polar surface area (TPSA) is 66.6 Å². The lowest BCUT2D eigenvalue weighted by Gasteiger charge is -2.15. The Kier molecular flexibility index (Phi) is 4.48. The number of nitrogens with zero attached hydrogens (tertiary/aromatic N) is 2. The number of phenolic OH excluding ortho intramolecular Hbond substituents is 1. The molecule has 88 valence electrons. The van der Waals surface area contributed by atoms with Crippen LogP contribution in [0, 0.1) is 13.7 Å². The zero-order valence-electron chi connectivity index (χ0n) is 9.11. The molecule has 1 rings (SSSR count). The Morgan fingerprint density at radius 3 is 2.69 bits per heavy atom. The van der Waals surface area contributed by atoms with Crippen molar-refractivity contribution in [3.05, 3.63) is 31.4 Å². The van der Waals surface area contributed by atoms with Crippen LogP contribution in [-0.4, -0.2) is 28.5 Å². The Hall–Kier alpha value is -0.890. The zero-order chi connectivity index (χ0) is 12.3. The van der Waals surface area contributed by atoms with Crippen molar-refractivity contribution in [2.75, 3.05) is 13.6 Å². The fourth-order valence-corrected chi connectivity index (χ4v) is 1.93. The van der Waals surface area contributed by atoms with E-state index in [4.69, 9.17) is 0 Å². The summed E-state index contributed by atoms with van der Waals surface area (Å²) in [6.07, 6.45) is 0. The van der Waals surface area contributed by atoms with Gasteiger partial charge in [0.2, 0.25) is 0 Å². The molecule has 0 aromatic heterocycles. The van der Waals surface area contributed by atoms with Crippen molar-refractivity contribution in [1.29, 1.82) is 0 Å². The third-order valence-corrected chi connectivity index (χ3v) is 3.14. The van der Waals surface area contributed by atoms with Gasteiger partial charge in [0.15, 0.2) is 0 Å². The summed E-state index contributed by atoms with van der Waals surface area (Å²) < 4.78 is 0.506. The van der Waals surface area contributed by atoms with Gasteiger partial charge in [0, 0.05) is 24.2 Å². The molecule has 0 saturated heterocycles. The third kappa shape index (κ3) is 3.05. The molecule has 0 spiro atoms. The van der Waals surface area contributed by atoms with Crippen LogP contribution in [0.25, 0.3) is 0 Å². The Morgan fingerprint density at radius 1 is 1.56 bits per heavy atom. The molecule has 0 bridgehead atoms. The van der Waals surface area contributed by atoms with Crippen LogP contribution in [0.2, 0.25) is 0 Å². The van der Waals surface area contributed by atoms with Gasteiger partial charge in [-0.05, 0) is 36.2 Å². The Labute approximate surface area is 107 Å². The van der Waals surface area contributed by atoms with E-state index >= 15 is 0 Å². The highest BCUT2D eigenvalue weighted by molar-refractivity contribution is 14.1. The number of rotatable bonds is 4. The normalized spacial score (nSPS) is 10.8. The summed E-state index contributed by atoms with van der Waals surface area (Å²) in [7, 11) is 1.89. The lowest BCUT2D eigenvalue weighted by molar-refractivity contribution is -0.385. The van der Waals surface area contributed by atoms with Crippen molar-refractivity contribution < 1.29 is 10.0 Å². The van der Waals surface area contributed by atoms with Gasteiger partial charge in [-0.15, -0.1) is 0 Å². The van der Waals surface area contributed by atoms with Crippen LogP contribution < -0.4 is 0 Å². The van der Waals surface area contributed by atoms with Gasteiger partial charge in [-0.3, -0.25) is 10.1 Å². The minimum Gasteiger partial charge on any atom is -0.506 e. The summed E-state index contributed by atoms with van der Waals surface area (Å²) in [6.45, 7) is 3.30. The molecule has 0 aliphatic rings. The number of aromatic hydroxyl groups is 1. The Bertz CT molecular complexity index is 409. The SMILES string of the molecule is CCN(C)Cc1cc([N+](=O)[O-])cc(I)c1O. The van der Waals surface area contributed by atoms with Gasteiger partial charge in [0.05, 0.1) is 8.49 Å². The van der Waals surface area contributed by atoms with E-state index in [0.29, 0.717) is 15.7 Å². The molecular weight excluding hydrogens is 323 g/mol. The van der Waals surface area contributed by atoms with Crippen molar-refractivity contribution in [3.63, 3.8) is 0 Å². The van der Waals surface area contributed by atoms with Gasteiger partial charge in [0.25, 0.3) is 5.69 Å². The molecule has 5 nitrogen and oxygen atoms in total. The molecule has 6 heteroatoms. The van der Waals surface area contributed by atoms with Gasteiger partial charge in [-0.1, -0.05) is 6.92 Å². The fraction of sp³-hybridized carbons (Fsp3) is 0.400. The van der Waals surface area contributed by atoms with Crippen LogP contribution in [0.1, 0.15) is 12.5 Å². The fourth-order valence-electron chi connectivity index (χ4n) is 1.27. The number of hydrogen-bond acceptors (Lipinski definition) is 4. The maximum absolute atomic E-state index is 10.7. The van der Waals surface area contributed by atoms with Crippen LogP contribution in [0.5, 0.6) is 5.75 Å². The van der Waals surface area contributed by atoms with Gasteiger partial charge in [-0.25, -0.2) is 0 Å². The molecule has 0 amide bonds. The zero-order valence-corrected chi connectivity index (χ0v) is 11.3. The first-order valence-corrected chi connectivity index (χ1v) is 5.88. The second-order valence-electron chi connectivity index (χ2n) is 3.52. The molecule has 1 N–H and O–H groups in total.